The van der Waals surface area contributed by atoms with Crippen LogP contribution in [0.1, 0.15) is 80.0 Å². The summed E-state index contributed by atoms with van der Waals surface area (Å²) in [6.45, 7) is 2.03. The third-order valence-electron chi connectivity index (χ3n) is 12.0. The maximum atomic E-state index is 11.3. The molecule has 0 saturated carbocycles. The van der Waals surface area contributed by atoms with E-state index in [0.717, 1.165) is 77.4 Å². The molecule has 0 amide bonds. The molecule has 4 unspecified atom stereocenters. The number of phenolic OH excluding ortho intramolecular Hbond substituents is 1. The van der Waals surface area contributed by atoms with E-state index in [-0.39, 0.29) is 36.4 Å². The van der Waals surface area contributed by atoms with Gasteiger partial charge in [0.05, 0.1) is 25.0 Å². The quantitative estimate of drug-likeness (QED) is 0.144. The Morgan fingerprint density at radius 3 is 2.65 bits per heavy atom. The van der Waals surface area contributed by atoms with Gasteiger partial charge in [-0.15, -0.1) is 0 Å². The van der Waals surface area contributed by atoms with Crippen LogP contribution in [0.15, 0.2) is 90.3 Å². The molecule has 4 aliphatic rings. The average Bonchev–Trinajstić information content (AvgIpc) is 3.63. The van der Waals surface area contributed by atoms with E-state index in [9.17, 15) is 15.3 Å². The van der Waals surface area contributed by atoms with E-state index in [0.29, 0.717) is 51.3 Å². The largest absolute Gasteiger partial charge is 0.504 e. The number of hydrogen-bond acceptors (Lipinski definition) is 8. The number of rotatable bonds is 5. The molecule has 6 N–H and O–H groups in total. The summed E-state index contributed by atoms with van der Waals surface area (Å²) < 4.78 is 21.3. The summed E-state index contributed by atoms with van der Waals surface area (Å²) in [6, 6.07) is 20.8. The third-order valence-corrected chi connectivity index (χ3v) is 12.0. The summed E-state index contributed by atoms with van der Waals surface area (Å²) in [4.78, 5) is 0. The molecule has 4 atom stereocenters. The second-order valence-corrected chi connectivity index (χ2v) is 15.7. The number of aliphatic hydroxyl groups excluding tert-OH is 2. The molecule has 6 bridgehead atoms. The molecule has 8 rings (SSSR count). The molecule has 9 nitrogen and oxygen atoms in total. The number of nitrogens with two attached hydrogens (primary N) is 1. The van der Waals surface area contributed by atoms with Crippen LogP contribution in [-0.4, -0.2) is 64.7 Å². The van der Waals surface area contributed by atoms with Crippen LogP contribution in [0.5, 0.6) is 11.5 Å². The van der Waals surface area contributed by atoms with Gasteiger partial charge in [-0.2, -0.15) is 0 Å². The van der Waals surface area contributed by atoms with Gasteiger partial charge in [0.1, 0.15) is 12.4 Å². The average molecular weight is 744 g/mol. The van der Waals surface area contributed by atoms with Crippen molar-refractivity contribution in [2.45, 2.75) is 94.6 Å². The lowest BCUT2D eigenvalue weighted by molar-refractivity contribution is 0.0166. The summed E-state index contributed by atoms with van der Waals surface area (Å²) in [5.41, 5.74) is 12.7. The Bertz CT molecular complexity index is 2100. The number of benzene rings is 3. The molecule has 55 heavy (non-hydrogen) atoms. The molecule has 0 radical (unpaired) electrons. The zero-order valence-corrected chi connectivity index (χ0v) is 31.5. The summed E-state index contributed by atoms with van der Waals surface area (Å²) in [5.74, 6) is 8.50. The highest BCUT2D eigenvalue weighted by molar-refractivity contribution is 5.88. The van der Waals surface area contributed by atoms with E-state index >= 15 is 0 Å². The van der Waals surface area contributed by atoms with Crippen molar-refractivity contribution in [3.8, 4) is 23.3 Å². The zero-order chi connectivity index (χ0) is 37.8. The van der Waals surface area contributed by atoms with E-state index in [1.54, 1.807) is 6.07 Å². The van der Waals surface area contributed by atoms with E-state index in [2.05, 4.69) is 76.6 Å². The number of nitrogens with one attached hydrogen (secondary N) is 1. The molecule has 0 aliphatic carbocycles. The fourth-order valence-corrected chi connectivity index (χ4v) is 8.87. The van der Waals surface area contributed by atoms with E-state index in [1.807, 2.05) is 18.2 Å². The number of aromatic hydroxyl groups is 1. The van der Waals surface area contributed by atoms with Crippen molar-refractivity contribution in [3.05, 3.63) is 113 Å². The van der Waals surface area contributed by atoms with Crippen molar-refractivity contribution >= 4 is 16.6 Å². The lowest BCUT2D eigenvalue weighted by Crippen LogP contribution is -2.40. The molecule has 288 valence electrons. The van der Waals surface area contributed by atoms with Crippen LogP contribution in [-0.2, 0) is 27.9 Å². The molecule has 3 aromatic carbocycles. The number of hydrogen-bond donors (Lipinski definition) is 5. The second kappa shape index (κ2) is 16.7. The fraction of sp³-hybridized carbons (Fsp3) is 0.435. The number of phenols is 1. The number of aliphatic hydroxyl groups is 2. The zero-order valence-electron chi connectivity index (χ0n) is 31.5. The molecule has 1 aromatic heterocycles. The van der Waals surface area contributed by atoms with E-state index < -0.39 is 12.3 Å². The van der Waals surface area contributed by atoms with Crippen molar-refractivity contribution in [2.24, 2.45) is 11.7 Å². The van der Waals surface area contributed by atoms with Crippen LogP contribution >= 0.6 is 0 Å². The molecule has 4 aliphatic heterocycles. The number of aryl methyl sites for hydroxylation is 1. The third kappa shape index (κ3) is 8.21. The van der Waals surface area contributed by atoms with Crippen molar-refractivity contribution in [3.63, 3.8) is 0 Å². The smallest absolute Gasteiger partial charge is 0.161 e. The first-order valence-electron chi connectivity index (χ1n) is 20.0. The maximum Gasteiger partial charge on any atom is 0.161 e. The van der Waals surface area contributed by atoms with Crippen molar-refractivity contribution in [2.75, 3.05) is 26.4 Å². The molecule has 1 saturated heterocycles. The Kier molecular flexibility index (Phi) is 11.3. The van der Waals surface area contributed by atoms with Crippen LogP contribution in [0, 0.1) is 17.8 Å². The summed E-state index contributed by atoms with van der Waals surface area (Å²) in [5, 5.41) is 37.5. The monoisotopic (exact) mass is 743 g/mol. The topological polar surface area (TPSA) is 131 Å². The van der Waals surface area contributed by atoms with Gasteiger partial charge in [-0.25, -0.2) is 0 Å². The lowest BCUT2D eigenvalue weighted by Gasteiger charge is -2.39. The normalized spacial score (nSPS) is 24.4. The van der Waals surface area contributed by atoms with Gasteiger partial charge in [-0.3, -0.25) is 0 Å². The molecular weight excluding hydrogens is 691 g/mol. The molecule has 1 fully saturated rings. The molecule has 0 spiro atoms. The van der Waals surface area contributed by atoms with E-state index in [4.69, 9.17) is 19.9 Å². The molecule has 5 heterocycles. The SMILES string of the molecule is NC1C=C2C#CC(CCCO)CCCC3CC(O)CCc4ccc(O)c(c4)OCc4cc(C5(c6ccccc6)CCOCC5)cc5cn(cc45)C(=C2CO3)N1. The molecular formula is C46H53N3O6. The van der Waals surface area contributed by atoms with Crippen LogP contribution in [0.2, 0.25) is 0 Å². The molecule has 4 aromatic rings. The van der Waals surface area contributed by atoms with Crippen LogP contribution < -0.4 is 15.8 Å². The first kappa shape index (κ1) is 37.4. The minimum absolute atomic E-state index is 0.0840. The highest BCUT2D eigenvalue weighted by atomic mass is 16.5. The van der Waals surface area contributed by atoms with Gasteiger partial charge in [0.25, 0.3) is 0 Å². The van der Waals surface area contributed by atoms with Crippen LogP contribution in [0.25, 0.3) is 16.6 Å². The Morgan fingerprint density at radius 2 is 1.82 bits per heavy atom. The van der Waals surface area contributed by atoms with Gasteiger partial charge in [0, 0.05) is 65.5 Å². The summed E-state index contributed by atoms with van der Waals surface area (Å²) in [7, 11) is 0. The van der Waals surface area contributed by atoms with Crippen LogP contribution in [0.3, 0.4) is 0 Å². The summed E-state index contributed by atoms with van der Waals surface area (Å²) in [6.07, 6.45) is 12.6. The standard InChI is InChI=1S/C46H53N3O6/c47-44-25-33-14-11-31(7-5-19-50)6-4-10-39-26-38(51)15-12-32-13-16-42(52)43(22-32)55-29-35-24-37(46(17-20-53-21-18-46)36-8-2-1-3-9-36)23-34-27-49(28-40(34)35)45(48-44)41(33)30-54-39/h1-3,8-9,13,16,22-25,27-28,31,38-39,44,48,50-52H,4-7,10,12,15,17-21,26,29-30,47H2. The maximum absolute atomic E-state index is 11.3. The van der Waals surface area contributed by atoms with Crippen LogP contribution in [0.4, 0.5) is 0 Å². The highest BCUT2D eigenvalue weighted by Crippen LogP contribution is 2.44. The highest BCUT2D eigenvalue weighted by Gasteiger charge is 2.37. The Hall–Kier alpha value is -4.56. The Balaban J connectivity index is 1.30. The fourth-order valence-electron chi connectivity index (χ4n) is 8.87. The molecule has 9 heteroatoms. The summed E-state index contributed by atoms with van der Waals surface area (Å²) >= 11 is 0. The van der Waals surface area contributed by atoms with Gasteiger partial charge in [-0.1, -0.05) is 54.3 Å². The minimum atomic E-state index is -0.570. The second-order valence-electron chi connectivity index (χ2n) is 15.7. The van der Waals surface area contributed by atoms with Crippen molar-refractivity contribution in [1.82, 2.24) is 9.88 Å². The predicted octanol–water partition coefficient (Wildman–Crippen LogP) is 6.66. The Labute approximate surface area is 323 Å². The Morgan fingerprint density at radius 1 is 0.964 bits per heavy atom. The van der Waals surface area contributed by atoms with Gasteiger partial charge in [-0.05, 0) is 111 Å². The number of dihydropyridines is 1. The first-order chi connectivity index (χ1) is 26.9. The minimum Gasteiger partial charge on any atom is -0.504 e. The number of ether oxygens (including phenoxy) is 3. The number of aromatic nitrogens is 1. The van der Waals surface area contributed by atoms with Crippen molar-refractivity contribution in [1.29, 1.82) is 0 Å². The van der Waals surface area contributed by atoms with Gasteiger partial charge in [0.2, 0.25) is 0 Å². The lowest BCUT2D eigenvalue weighted by atomic mass is 9.68. The number of nitrogens with zero attached hydrogens (tertiary/aromatic N) is 1. The number of fused-ring (bicyclic) bond motifs is 6. The first-order valence-corrected chi connectivity index (χ1v) is 20.0. The van der Waals surface area contributed by atoms with Gasteiger partial charge >= 0.3 is 0 Å². The van der Waals surface area contributed by atoms with Gasteiger partial charge in [0.15, 0.2) is 11.5 Å². The van der Waals surface area contributed by atoms with Crippen molar-refractivity contribution < 1.29 is 29.5 Å². The van der Waals surface area contributed by atoms with E-state index in [1.165, 1.54) is 11.1 Å². The van der Waals surface area contributed by atoms with Gasteiger partial charge < -0.3 is 45.1 Å². The predicted molar refractivity (Wildman–Crippen MR) is 214 cm³/mol.